The van der Waals surface area contributed by atoms with Gasteiger partial charge in [0.25, 0.3) is 0 Å². The third kappa shape index (κ3) is 15.7. The summed E-state index contributed by atoms with van der Waals surface area (Å²) in [6.45, 7) is 14.0. The van der Waals surface area contributed by atoms with Crippen LogP contribution in [0.1, 0.15) is 265 Å². The summed E-state index contributed by atoms with van der Waals surface area (Å²) in [5.41, 5.74) is 13.6. The van der Waals surface area contributed by atoms with Crippen molar-refractivity contribution >= 4 is 0 Å². The Balaban J connectivity index is 0.000000136. The Kier molecular flexibility index (Phi) is 20.6. The number of benzene rings is 6. The summed E-state index contributed by atoms with van der Waals surface area (Å²) in [6.07, 6.45) is 30.1. The van der Waals surface area contributed by atoms with Crippen molar-refractivity contribution in [3.05, 3.63) is 178 Å². The van der Waals surface area contributed by atoms with Gasteiger partial charge in [0, 0.05) is 0 Å². The van der Waals surface area contributed by atoms with Crippen LogP contribution in [0.25, 0.3) is 33.4 Å². The van der Waals surface area contributed by atoms with Crippen LogP contribution in [-0.2, 0) is 0 Å². The van der Waals surface area contributed by atoms with Crippen LogP contribution in [0.4, 0.5) is 13.2 Å². The minimum atomic E-state index is -0.0163. The predicted octanol–water partition coefficient (Wildman–Crippen LogP) is 24.2. The molecular weight excluding hydrogens is 994 g/mol. The molecule has 0 aliphatic heterocycles. The lowest BCUT2D eigenvalue weighted by Gasteiger charge is -2.27. The number of hydrogen-bond acceptors (Lipinski definition) is 0. The lowest BCUT2D eigenvalue weighted by Crippen LogP contribution is -2.12. The number of hydrogen-bond donors (Lipinski definition) is 0. The van der Waals surface area contributed by atoms with E-state index in [4.69, 9.17) is 0 Å². The molecule has 0 heterocycles. The van der Waals surface area contributed by atoms with Gasteiger partial charge >= 0.3 is 0 Å². The minimum absolute atomic E-state index is 0.0163. The minimum Gasteiger partial charge on any atom is -0.207 e. The summed E-state index contributed by atoms with van der Waals surface area (Å²) in [7, 11) is 0. The standard InChI is InChI=1S/3C26H33F/c3*1-18-3-7-20(8-4-18)21-11-13-22(14-12-21)24-15-16-25(26(27)17-24)23-9-5-19(2)6-10-23/h3*11-20,23H,3-10H2,1-2H3. The molecule has 0 spiro atoms. The summed E-state index contributed by atoms with van der Waals surface area (Å²) in [4.78, 5) is 0. The lowest BCUT2D eigenvalue weighted by atomic mass is 9.78. The van der Waals surface area contributed by atoms with Gasteiger partial charge in [-0.25, -0.2) is 13.2 Å². The van der Waals surface area contributed by atoms with Gasteiger partial charge in [-0.3, -0.25) is 0 Å². The largest absolute Gasteiger partial charge is 0.207 e. The van der Waals surface area contributed by atoms with Gasteiger partial charge < -0.3 is 0 Å². The highest BCUT2D eigenvalue weighted by atomic mass is 19.1. The quantitative estimate of drug-likeness (QED) is 0.135. The van der Waals surface area contributed by atoms with Crippen LogP contribution >= 0.6 is 0 Å². The topological polar surface area (TPSA) is 0 Å². The Morgan fingerprint density at radius 2 is 0.383 bits per heavy atom. The van der Waals surface area contributed by atoms with Crippen molar-refractivity contribution in [1.82, 2.24) is 0 Å². The molecule has 0 radical (unpaired) electrons. The zero-order valence-electron chi connectivity index (χ0n) is 50.7. The van der Waals surface area contributed by atoms with Gasteiger partial charge in [-0.1, -0.05) is 228 Å². The maximum absolute atomic E-state index is 14.8. The van der Waals surface area contributed by atoms with E-state index >= 15 is 0 Å². The predicted molar refractivity (Wildman–Crippen MR) is 338 cm³/mol. The molecule has 12 rings (SSSR count). The van der Waals surface area contributed by atoms with Crippen molar-refractivity contribution in [2.45, 2.75) is 231 Å². The summed E-state index contributed by atoms with van der Waals surface area (Å²) >= 11 is 0. The van der Waals surface area contributed by atoms with E-state index in [1.807, 2.05) is 18.2 Å². The third-order valence-electron chi connectivity index (χ3n) is 21.6. The monoisotopic (exact) mass is 1090 g/mol. The average Bonchev–Trinajstić information content (AvgIpc) is 3.51. The molecule has 0 aromatic heterocycles. The smallest absolute Gasteiger partial charge is 0.127 e. The second-order valence-electron chi connectivity index (χ2n) is 27.8. The van der Waals surface area contributed by atoms with Crippen LogP contribution in [-0.4, -0.2) is 0 Å². The van der Waals surface area contributed by atoms with E-state index in [9.17, 15) is 13.2 Å². The maximum Gasteiger partial charge on any atom is 0.127 e. The second-order valence-corrected chi connectivity index (χ2v) is 27.8. The van der Waals surface area contributed by atoms with Gasteiger partial charge in [-0.15, -0.1) is 0 Å². The second kappa shape index (κ2) is 28.1. The molecule has 6 fully saturated rings. The molecule has 0 nitrogen and oxygen atoms in total. The molecular formula is C78H99F3. The van der Waals surface area contributed by atoms with E-state index in [2.05, 4.69) is 133 Å². The zero-order chi connectivity index (χ0) is 56.4. The Morgan fingerprint density at radius 1 is 0.210 bits per heavy atom. The molecule has 6 aliphatic carbocycles. The normalized spacial score (nSPS) is 28.9. The molecule has 6 aliphatic rings. The first-order valence-electron chi connectivity index (χ1n) is 33.0. The molecule has 0 amide bonds. The molecule has 0 bridgehead atoms. The van der Waals surface area contributed by atoms with Crippen LogP contribution in [0.5, 0.6) is 0 Å². The third-order valence-corrected chi connectivity index (χ3v) is 21.6. The van der Waals surface area contributed by atoms with Crippen LogP contribution < -0.4 is 0 Å². The molecule has 6 saturated carbocycles. The van der Waals surface area contributed by atoms with E-state index in [1.165, 1.54) is 132 Å². The Morgan fingerprint density at radius 3 is 0.568 bits per heavy atom. The average molecular weight is 1090 g/mol. The summed E-state index contributed by atoms with van der Waals surface area (Å²) in [6, 6.07) is 44.5. The maximum atomic E-state index is 14.8. The summed E-state index contributed by atoms with van der Waals surface area (Å²) < 4.78 is 44.5. The van der Waals surface area contributed by atoms with Crippen LogP contribution in [0, 0.1) is 53.0 Å². The van der Waals surface area contributed by atoms with Crippen molar-refractivity contribution in [1.29, 1.82) is 0 Å². The first-order valence-corrected chi connectivity index (χ1v) is 33.0. The number of rotatable bonds is 9. The highest BCUT2D eigenvalue weighted by molar-refractivity contribution is 5.66. The number of halogens is 3. The van der Waals surface area contributed by atoms with Gasteiger partial charge in [0.05, 0.1) is 0 Å². The highest BCUT2D eigenvalue weighted by Gasteiger charge is 2.27. The molecule has 3 heteroatoms. The van der Waals surface area contributed by atoms with Gasteiger partial charge in [-0.2, -0.15) is 0 Å². The molecule has 6 aromatic rings. The zero-order valence-corrected chi connectivity index (χ0v) is 50.7. The summed E-state index contributed by atoms with van der Waals surface area (Å²) in [5.74, 6) is 8.36. The lowest BCUT2D eigenvalue weighted by molar-refractivity contribution is 0.342. The van der Waals surface area contributed by atoms with Gasteiger partial charge in [0.2, 0.25) is 0 Å². The van der Waals surface area contributed by atoms with Gasteiger partial charge in [-0.05, 0) is 233 Å². The molecule has 6 aromatic carbocycles. The van der Waals surface area contributed by atoms with Crippen molar-refractivity contribution in [2.24, 2.45) is 35.5 Å². The fraction of sp³-hybridized carbons (Fsp3) is 0.538. The fourth-order valence-corrected chi connectivity index (χ4v) is 15.5. The molecule has 81 heavy (non-hydrogen) atoms. The Labute approximate surface area is 489 Å². The van der Waals surface area contributed by atoms with E-state index in [1.54, 1.807) is 18.2 Å². The highest BCUT2D eigenvalue weighted by Crippen LogP contribution is 2.43. The van der Waals surface area contributed by atoms with Crippen LogP contribution in [0.2, 0.25) is 0 Å². The van der Waals surface area contributed by atoms with E-state index < -0.39 is 0 Å². The van der Waals surface area contributed by atoms with Crippen molar-refractivity contribution < 1.29 is 13.2 Å². The van der Waals surface area contributed by atoms with Gasteiger partial charge in [0.15, 0.2) is 0 Å². The Hall–Kier alpha value is -4.89. The van der Waals surface area contributed by atoms with Crippen LogP contribution in [0.15, 0.2) is 127 Å². The molecule has 0 saturated heterocycles. The van der Waals surface area contributed by atoms with E-state index in [0.29, 0.717) is 35.5 Å². The summed E-state index contributed by atoms with van der Waals surface area (Å²) in [5, 5.41) is 0. The van der Waals surface area contributed by atoms with Crippen molar-refractivity contribution in [2.75, 3.05) is 0 Å². The van der Waals surface area contributed by atoms with E-state index in [-0.39, 0.29) is 17.5 Å². The fourth-order valence-electron chi connectivity index (χ4n) is 15.5. The van der Waals surface area contributed by atoms with E-state index in [0.717, 1.165) is 124 Å². The Bertz CT molecular complexity index is 2550. The molecule has 0 N–H and O–H groups in total. The van der Waals surface area contributed by atoms with Crippen molar-refractivity contribution in [3.8, 4) is 33.4 Å². The van der Waals surface area contributed by atoms with Crippen molar-refractivity contribution in [3.63, 3.8) is 0 Å². The first kappa shape index (κ1) is 59.3. The van der Waals surface area contributed by atoms with Gasteiger partial charge in [0.1, 0.15) is 17.5 Å². The first-order chi connectivity index (χ1) is 39.3. The van der Waals surface area contributed by atoms with Crippen LogP contribution in [0.3, 0.4) is 0 Å². The SMILES string of the molecule is CC1CCC(c2ccc(-c3ccc(C4CCC(C)CC4)c(F)c3)cc2)CC1.CC1CCC(c2ccc(-c3ccc(C4CCC(C)CC4)c(F)c3)cc2)CC1.CC1CCC(c2ccc(-c3ccc(C4CCC(C)CC4)c(F)c3)cc2)CC1. The molecule has 0 unspecified atom stereocenters. The molecule has 0 atom stereocenters. The molecule has 432 valence electrons.